The first-order valence-corrected chi connectivity index (χ1v) is 9.17. The summed E-state index contributed by atoms with van der Waals surface area (Å²) in [6.45, 7) is 1.43. The van der Waals surface area contributed by atoms with Crippen LogP contribution >= 0.6 is 23.2 Å². The lowest BCUT2D eigenvalue weighted by Crippen LogP contribution is -2.35. The Kier molecular flexibility index (Phi) is 4.45. The van der Waals surface area contributed by atoms with Crippen molar-refractivity contribution in [3.8, 4) is 0 Å². The van der Waals surface area contributed by atoms with Gasteiger partial charge in [-0.25, -0.2) is 0 Å². The molecule has 0 fully saturated rings. The van der Waals surface area contributed by atoms with Crippen molar-refractivity contribution in [3.05, 3.63) is 69.3 Å². The summed E-state index contributed by atoms with van der Waals surface area (Å²) in [5.41, 5.74) is 4.62. The van der Waals surface area contributed by atoms with Crippen LogP contribution in [0.2, 0.25) is 10.0 Å². The zero-order valence-corrected chi connectivity index (χ0v) is 15.2. The smallest absolute Gasteiger partial charge is 0.223 e. The van der Waals surface area contributed by atoms with Crippen LogP contribution in [0.1, 0.15) is 23.2 Å². The number of nitrogens with one attached hydrogen (secondary N) is 1. The lowest BCUT2D eigenvalue weighted by molar-refractivity contribution is -0.132. The van der Waals surface area contributed by atoms with E-state index < -0.39 is 0 Å². The molecule has 0 saturated heterocycles. The fourth-order valence-electron chi connectivity index (χ4n) is 3.50. The molecule has 5 heteroatoms. The van der Waals surface area contributed by atoms with E-state index in [9.17, 15) is 4.79 Å². The first kappa shape index (κ1) is 16.5. The summed E-state index contributed by atoms with van der Waals surface area (Å²) in [7, 11) is 0. The molecule has 1 amide bonds. The quantitative estimate of drug-likeness (QED) is 0.690. The van der Waals surface area contributed by atoms with Crippen LogP contribution in [-0.4, -0.2) is 22.3 Å². The number of aromatic nitrogens is 1. The van der Waals surface area contributed by atoms with Gasteiger partial charge in [-0.3, -0.25) is 4.79 Å². The van der Waals surface area contributed by atoms with E-state index in [4.69, 9.17) is 23.2 Å². The van der Waals surface area contributed by atoms with E-state index in [0.29, 0.717) is 29.4 Å². The second kappa shape index (κ2) is 6.74. The van der Waals surface area contributed by atoms with Crippen molar-refractivity contribution in [3.63, 3.8) is 0 Å². The third-order valence-electron chi connectivity index (χ3n) is 4.86. The highest BCUT2D eigenvalue weighted by Gasteiger charge is 2.23. The van der Waals surface area contributed by atoms with Crippen molar-refractivity contribution < 1.29 is 4.79 Å². The van der Waals surface area contributed by atoms with Gasteiger partial charge in [-0.2, -0.15) is 0 Å². The minimum absolute atomic E-state index is 0.168. The third kappa shape index (κ3) is 3.26. The summed E-state index contributed by atoms with van der Waals surface area (Å²) in [6, 6.07) is 13.7. The van der Waals surface area contributed by atoms with Gasteiger partial charge in [-0.15, -0.1) is 0 Å². The molecule has 0 radical (unpaired) electrons. The van der Waals surface area contributed by atoms with E-state index in [1.54, 1.807) is 6.07 Å². The number of fused-ring (bicyclic) bond motifs is 3. The van der Waals surface area contributed by atoms with Crippen molar-refractivity contribution in [1.82, 2.24) is 9.88 Å². The number of para-hydroxylation sites is 1. The van der Waals surface area contributed by atoms with Crippen molar-refractivity contribution in [1.29, 1.82) is 0 Å². The average molecular weight is 373 g/mol. The number of amides is 1. The van der Waals surface area contributed by atoms with Crippen LogP contribution in [0.5, 0.6) is 0 Å². The number of aromatic amines is 1. The number of carbonyl (C=O) groups excluding carboxylic acids is 1. The summed E-state index contributed by atoms with van der Waals surface area (Å²) in [5, 5.41) is 2.46. The van der Waals surface area contributed by atoms with E-state index >= 15 is 0 Å². The van der Waals surface area contributed by atoms with Gasteiger partial charge < -0.3 is 9.88 Å². The first-order chi connectivity index (χ1) is 12.1. The van der Waals surface area contributed by atoms with Crippen LogP contribution in [-0.2, 0) is 24.2 Å². The lowest BCUT2D eigenvalue weighted by atomic mass is 10.0. The van der Waals surface area contributed by atoms with E-state index in [0.717, 1.165) is 24.0 Å². The van der Waals surface area contributed by atoms with Gasteiger partial charge in [0.15, 0.2) is 0 Å². The van der Waals surface area contributed by atoms with Gasteiger partial charge in [0.1, 0.15) is 0 Å². The van der Waals surface area contributed by atoms with E-state index in [-0.39, 0.29) is 5.91 Å². The molecule has 128 valence electrons. The Bertz CT molecular complexity index is 948. The van der Waals surface area contributed by atoms with Crippen molar-refractivity contribution in [2.45, 2.75) is 25.8 Å². The van der Waals surface area contributed by atoms with Gasteiger partial charge in [0, 0.05) is 58.1 Å². The number of benzene rings is 2. The molecule has 0 unspecified atom stereocenters. The highest BCUT2D eigenvalue weighted by Crippen LogP contribution is 2.28. The number of H-pyrrole nitrogens is 1. The number of rotatable bonds is 3. The second-order valence-electron chi connectivity index (χ2n) is 6.43. The number of hydrogen-bond donors (Lipinski definition) is 1. The minimum Gasteiger partial charge on any atom is -0.358 e. The van der Waals surface area contributed by atoms with Gasteiger partial charge in [0.25, 0.3) is 0 Å². The summed E-state index contributed by atoms with van der Waals surface area (Å²) in [4.78, 5) is 18.1. The molecule has 2 aromatic carbocycles. The molecule has 0 atom stereocenters. The molecule has 3 aromatic rings. The molecule has 0 saturated carbocycles. The van der Waals surface area contributed by atoms with Gasteiger partial charge in [-0.1, -0.05) is 47.5 Å². The lowest BCUT2D eigenvalue weighted by Gasteiger charge is -2.27. The minimum atomic E-state index is 0.168. The Morgan fingerprint density at radius 3 is 2.84 bits per heavy atom. The standard InChI is InChI=1S/C20H18Cl2N2O/c21-14-7-5-13(17(22)11-14)6-8-20(25)24-10-9-19-16(12-24)15-3-1-2-4-18(15)23-19/h1-5,7,11,23H,6,8-10,12H2. The molecule has 2 heterocycles. The molecule has 0 bridgehead atoms. The molecule has 1 aliphatic heterocycles. The number of hydrogen-bond acceptors (Lipinski definition) is 1. The summed E-state index contributed by atoms with van der Waals surface area (Å²) in [5.74, 6) is 0.168. The van der Waals surface area contributed by atoms with Crippen molar-refractivity contribution >= 4 is 40.0 Å². The number of nitrogens with zero attached hydrogens (tertiary/aromatic N) is 1. The predicted molar refractivity (Wildman–Crippen MR) is 102 cm³/mol. The Balaban J connectivity index is 1.46. The Morgan fingerprint density at radius 2 is 2.00 bits per heavy atom. The maximum atomic E-state index is 12.7. The molecule has 1 N–H and O–H groups in total. The number of carbonyl (C=O) groups is 1. The van der Waals surface area contributed by atoms with Crippen LogP contribution in [0, 0.1) is 0 Å². The highest BCUT2D eigenvalue weighted by atomic mass is 35.5. The molecule has 0 spiro atoms. The summed E-state index contributed by atoms with van der Waals surface area (Å²) in [6.07, 6.45) is 1.96. The molecule has 25 heavy (non-hydrogen) atoms. The number of aryl methyl sites for hydroxylation is 1. The zero-order chi connectivity index (χ0) is 17.4. The van der Waals surface area contributed by atoms with Crippen LogP contribution in [0.4, 0.5) is 0 Å². The van der Waals surface area contributed by atoms with Crippen molar-refractivity contribution in [2.24, 2.45) is 0 Å². The third-order valence-corrected chi connectivity index (χ3v) is 5.45. The number of halogens is 2. The maximum absolute atomic E-state index is 12.7. The van der Waals surface area contributed by atoms with Gasteiger partial charge in [0.2, 0.25) is 5.91 Å². The second-order valence-corrected chi connectivity index (χ2v) is 7.27. The van der Waals surface area contributed by atoms with Crippen LogP contribution in [0.15, 0.2) is 42.5 Å². The fourth-order valence-corrected chi connectivity index (χ4v) is 4.01. The van der Waals surface area contributed by atoms with E-state index in [1.807, 2.05) is 29.2 Å². The zero-order valence-electron chi connectivity index (χ0n) is 13.7. The SMILES string of the molecule is O=C(CCc1ccc(Cl)cc1Cl)N1CCc2[nH]c3ccccc3c2C1. The summed E-state index contributed by atoms with van der Waals surface area (Å²) >= 11 is 12.1. The molecule has 4 rings (SSSR count). The Hall–Kier alpha value is -1.97. The normalized spacial score (nSPS) is 13.9. The molecule has 0 aliphatic carbocycles. The van der Waals surface area contributed by atoms with Crippen LogP contribution < -0.4 is 0 Å². The molecule has 1 aromatic heterocycles. The predicted octanol–water partition coefficient (Wildman–Crippen LogP) is 4.99. The molecular formula is C20H18Cl2N2O. The maximum Gasteiger partial charge on any atom is 0.223 e. The van der Waals surface area contributed by atoms with Crippen LogP contribution in [0.25, 0.3) is 10.9 Å². The molecule has 1 aliphatic rings. The van der Waals surface area contributed by atoms with Gasteiger partial charge >= 0.3 is 0 Å². The van der Waals surface area contributed by atoms with Gasteiger partial charge in [-0.05, 0) is 30.2 Å². The molecule has 3 nitrogen and oxygen atoms in total. The van der Waals surface area contributed by atoms with Crippen LogP contribution in [0.3, 0.4) is 0 Å². The van der Waals surface area contributed by atoms with E-state index in [2.05, 4.69) is 17.1 Å². The average Bonchev–Trinajstić information content (AvgIpc) is 2.98. The fraction of sp³-hybridized carbons (Fsp3) is 0.250. The molecular weight excluding hydrogens is 355 g/mol. The Labute approximate surface area is 156 Å². The van der Waals surface area contributed by atoms with E-state index in [1.165, 1.54) is 16.6 Å². The largest absolute Gasteiger partial charge is 0.358 e. The van der Waals surface area contributed by atoms with Crippen molar-refractivity contribution in [2.75, 3.05) is 6.54 Å². The first-order valence-electron chi connectivity index (χ1n) is 8.42. The highest BCUT2D eigenvalue weighted by molar-refractivity contribution is 6.35. The summed E-state index contributed by atoms with van der Waals surface area (Å²) < 4.78 is 0. The topological polar surface area (TPSA) is 36.1 Å². The monoisotopic (exact) mass is 372 g/mol. The van der Waals surface area contributed by atoms with Gasteiger partial charge in [0.05, 0.1) is 0 Å². The Morgan fingerprint density at radius 1 is 1.16 bits per heavy atom.